The summed E-state index contributed by atoms with van der Waals surface area (Å²) in [7, 11) is 0. The van der Waals surface area contributed by atoms with E-state index < -0.39 is 0 Å². The molecule has 1 aromatic heterocycles. The van der Waals surface area contributed by atoms with Crippen LogP contribution in [0, 0.1) is 3.57 Å². The molecule has 2 aromatic rings. The van der Waals surface area contributed by atoms with E-state index in [0.717, 1.165) is 9.26 Å². The number of nitrogens with one attached hydrogen (secondary N) is 2. The summed E-state index contributed by atoms with van der Waals surface area (Å²) in [4.78, 5) is 23.9. The lowest BCUT2D eigenvalue weighted by Crippen LogP contribution is -2.32. The zero-order valence-electron chi connectivity index (χ0n) is 9.85. The molecule has 0 unspecified atom stereocenters. The number of carbonyl (C=O) groups excluding carboxylic acids is 2. The number of rotatable bonds is 4. The van der Waals surface area contributed by atoms with Gasteiger partial charge in [0.2, 0.25) is 5.91 Å². The molecule has 0 fully saturated rings. The van der Waals surface area contributed by atoms with E-state index in [2.05, 4.69) is 33.2 Å². The first kappa shape index (κ1) is 14.0. The van der Waals surface area contributed by atoms with Crippen LogP contribution >= 0.6 is 33.9 Å². The van der Waals surface area contributed by atoms with E-state index in [4.69, 9.17) is 0 Å². The molecule has 2 rings (SSSR count). The van der Waals surface area contributed by atoms with E-state index in [9.17, 15) is 9.59 Å². The number of carbonyl (C=O) groups is 2. The lowest BCUT2D eigenvalue weighted by atomic mass is 10.3. The molecule has 2 amide bonds. The maximum Gasteiger partial charge on any atom is 0.261 e. The fraction of sp³-hybridized carbons (Fsp3) is 0.0769. The van der Waals surface area contributed by atoms with Gasteiger partial charge in [0.15, 0.2) is 0 Å². The van der Waals surface area contributed by atoms with Crippen molar-refractivity contribution in [3.63, 3.8) is 0 Å². The first-order valence-corrected chi connectivity index (χ1v) is 7.48. The molecule has 1 aromatic carbocycles. The summed E-state index contributed by atoms with van der Waals surface area (Å²) in [5.74, 6) is -0.473. The molecule has 2 N–H and O–H groups in total. The van der Waals surface area contributed by atoms with Crippen molar-refractivity contribution in [3.8, 4) is 0 Å². The summed E-state index contributed by atoms with van der Waals surface area (Å²) in [5.41, 5.74) is 0.724. The first-order chi connectivity index (χ1) is 9.15. The number of hydrogen-bond donors (Lipinski definition) is 2. The highest BCUT2D eigenvalue weighted by molar-refractivity contribution is 14.1. The lowest BCUT2D eigenvalue weighted by molar-refractivity contribution is -0.115. The average Bonchev–Trinajstić information content (AvgIpc) is 2.90. The largest absolute Gasteiger partial charge is 0.342 e. The summed E-state index contributed by atoms with van der Waals surface area (Å²) in [5, 5.41) is 7.13. The highest BCUT2D eigenvalue weighted by atomic mass is 127. The average molecular weight is 386 g/mol. The van der Waals surface area contributed by atoms with E-state index in [0.29, 0.717) is 4.88 Å². The molecule has 19 heavy (non-hydrogen) atoms. The quantitative estimate of drug-likeness (QED) is 0.794. The number of thiophene rings is 1. The molecule has 98 valence electrons. The molecule has 4 nitrogen and oxygen atoms in total. The predicted octanol–water partition coefficient (Wildman–Crippen LogP) is 2.72. The molecule has 1 heterocycles. The zero-order chi connectivity index (χ0) is 13.7. The van der Waals surface area contributed by atoms with Crippen molar-refractivity contribution in [2.75, 3.05) is 11.9 Å². The van der Waals surface area contributed by atoms with Gasteiger partial charge >= 0.3 is 0 Å². The summed E-state index contributed by atoms with van der Waals surface area (Å²) >= 11 is 3.52. The van der Waals surface area contributed by atoms with Crippen LogP contribution in [0.15, 0.2) is 41.8 Å². The number of amides is 2. The van der Waals surface area contributed by atoms with Gasteiger partial charge in [0, 0.05) is 9.26 Å². The number of anilines is 1. The zero-order valence-corrected chi connectivity index (χ0v) is 12.8. The van der Waals surface area contributed by atoms with Crippen LogP contribution in [-0.2, 0) is 4.79 Å². The Morgan fingerprint density at radius 3 is 2.74 bits per heavy atom. The minimum atomic E-state index is -0.244. The standard InChI is InChI=1S/C13H11IN2O2S/c14-9-3-1-4-10(7-9)16-12(17)8-15-13(18)11-5-2-6-19-11/h1-7H,8H2,(H,15,18)(H,16,17). The highest BCUT2D eigenvalue weighted by Gasteiger charge is 2.08. The maximum atomic E-state index is 11.7. The molecule has 6 heteroatoms. The van der Waals surface area contributed by atoms with E-state index in [1.54, 1.807) is 18.2 Å². The Morgan fingerprint density at radius 2 is 2.05 bits per heavy atom. The van der Waals surface area contributed by atoms with Gasteiger partial charge in [-0.25, -0.2) is 0 Å². The molecule has 0 saturated carbocycles. The second-order valence-electron chi connectivity index (χ2n) is 3.72. The van der Waals surface area contributed by atoms with Crippen LogP contribution in [0.2, 0.25) is 0 Å². The van der Waals surface area contributed by atoms with Gasteiger partial charge in [-0.05, 0) is 52.2 Å². The summed E-state index contributed by atoms with van der Waals surface area (Å²) in [6.07, 6.45) is 0. The molecule has 0 saturated heterocycles. The molecule has 0 aliphatic heterocycles. The number of halogens is 1. The van der Waals surface area contributed by atoms with Crippen molar-refractivity contribution in [1.29, 1.82) is 0 Å². The maximum absolute atomic E-state index is 11.7. The normalized spacial score (nSPS) is 9.95. The molecule has 0 spiro atoms. The van der Waals surface area contributed by atoms with Crippen molar-refractivity contribution < 1.29 is 9.59 Å². The van der Waals surface area contributed by atoms with Gasteiger partial charge in [0.25, 0.3) is 5.91 Å². The Bertz CT molecular complexity index is 584. The third-order valence-electron chi connectivity index (χ3n) is 2.26. The Labute approximate surface area is 128 Å². The summed E-state index contributed by atoms with van der Waals surface area (Å²) < 4.78 is 1.04. The third kappa shape index (κ3) is 4.32. The number of hydrogen-bond acceptors (Lipinski definition) is 3. The van der Waals surface area contributed by atoms with Crippen LogP contribution in [0.3, 0.4) is 0 Å². The SMILES string of the molecule is O=C(CNC(=O)c1cccs1)Nc1cccc(I)c1. The second kappa shape index (κ2) is 6.67. The smallest absolute Gasteiger partial charge is 0.261 e. The molecule has 0 bridgehead atoms. The second-order valence-corrected chi connectivity index (χ2v) is 5.91. The summed E-state index contributed by atoms with van der Waals surface area (Å²) in [6.45, 7) is -0.0395. The monoisotopic (exact) mass is 386 g/mol. The molecule has 0 aliphatic rings. The van der Waals surface area contributed by atoms with Gasteiger partial charge in [-0.1, -0.05) is 12.1 Å². The Morgan fingerprint density at radius 1 is 1.21 bits per heavy atom. The Kier molecular flexibility index (Phi) is 4.92. The fourth-order valence-corrected chi connectivity index (χ4v) is 2.61. The first-order valence-electron chi connectivity index (χ1n) is 5.52. The van der Waals surface area contributed by atoms with Gasteiger partial charge in [0.05, 0.1) is 11.4 Å². The van der Waals surface area contributed by atoms with E-state index in [-0.39, 0.29) is 18.4 Å². The van der Waals surface area contributed by atoms with Gasteiger partial charge in [-0.3, -0.25) is 9.59 Å². The van der Waals surface area contributed by atoms with Crippen LogP contribution < -0.4 is 10.6 Å². The van der Waals surface area contributed by atoms with Crippen LogP contribution in [0.25, 0.3) is 0 Å². The minimum Gasteiger partial charge on any atom is -0.342 e. The van der Waals surface area contributed by atoms with Crippen LogP contribution in [0.1, 0.15) is 9.67 Å². The molecule has 0 aliphatic carbocycles. The fourth-order valence-electron chi connectivity index (χ4n) is 1.43. The van der Waals surface area contributed by atoms with Crippen LogP contribution in [-0.4, -0.2) is 18.4 Å². The van der Waals surface area contributed by atoms with Crippen molar-refractivity contribution in [2.45, 2.75) is 0 Å². The van der Waals surface area contributed by atoms with E-state index in [1.807, 2.05) is 23.6 Å². The molecule has 0 atom stereocenters. The Balaban J connectivity index is 1.83. The van der Waals surface area contributed by atoms with Crippen LogP contribution in [0.5, 0.6) is 0 Å². The van der Waals surface area contributed by atoms with Gasteiger partial charge in [0.1, 0.15) is 0 Å². The summed E-state index contributed by atoms with van der Waals surface area (Å²) in [6, 6.07) is 11.0. The van der Waals surface area contributed by atoms with Crippen molar-refractivity contribution in [2.24, 2.45) is 0 Å². The highest BCUT2D eigenvalue weighted by Crippen LogP contribution is 2.12. The Hall–Kier alpha value is -1.41. The van der Waals surface area contributed by atoms with Gasteiger partial charge in [-0.2, -0.15) is 0 Å². The predicted molar refractivity (Wildman–Crippen MR) is 84.4 cm³/mol. The van der Waals surface area contributed by atoms with E-state index in [1.165, 1.54) is 11.3 Å². The third-order valence-corrected chi connectivity index (χ3v) is 3.80. The minimum absolute atomic E-state index is 0.0395. The molecular weight excluding hydrogens is 375 g/mol. The van der Waals surface area contributed by atoms with Crippen molar-refractivity contribution >= 4 is 51.4 Å². The van der Waals surface area contributed by atoms with Crippen molar-refractivity contribution in [1.82, 2.24) is 5.32 Å². The van der Waals surface area contributed by atoms with Gasteiger partial charge in [-0.15, -0.1) is 11.3 Å². The lowest BCUT2D eigenvalue weighted by Gasteiger charge is -2.06. The molecular formula is C13H11IN2O2S. The molecule has 0 radical (unpaired) electrons. The number of benzene rings is 1. The van der Waals surface area contributed by atoms with Gasteiger partial charge < -0.3 is 10.6 Å². The topological polar surface area (TPSA) is 58.2 Å². The van der Waals surface area contributed by atoms with Crippen molar-refractivity contribution in [3.05, 3.63) is 50.2 Å². The van der Waals surface area contributed by atoms with E-state index >= 15 is 0 Å². The van der Waals surface area contributed by atoms with Crippen LogP contribution in [0.4, 0.5) is 5.69 Å².